The molecule has 0 spiro atoms. The van der Waals surface area contributed by atoms with Crippen LogP contribution in [0.3, 0.4) is 0 Å². The highest BCUT2D eigenvalue weighted by atomic mass is 35.5. The zero-order valence-electron chi connectivity index (χ0n) is 12.9. The molecule has 0 bridgehead atoms. The molecule has 0 aliphatic carbocycles. The monoisotopic (exact) mass is 365 g/mol. The lowest BCUT2D eigenvalue weighted by Gasteiger charge is -2.42. The molecule has 0 unspecified atom stereocenters. The summed E-state index contributed by atoms with van der Waals surface area (Å²) < 4.78 is 29.5. The molecule has 1 saturated heterocycles. The van der Waals surface area contributed by atoms with E-state index in [2.05, 4.69) is 0 Å². The minimum Gasteiger partial charge on any atom is -0.316 e. The van der Waals surface area contributed by atoms with Gasteiger partial charge < -0.3 is 4.90 Å². The lowest BCUT2D eigenvalue weighted by atomic mass is 10.1. The number of halogens is 1. The van der Waals surface area contributed by atoms with Crippen LogP contribution in [0.5, 0.6) is 0 Å². The van der Waals surface area contributed by atoms with Crippen molar-refractivity contribution < 1.29 is 17.4 Å². The van der Waals surface area contributed by atoms with E-state index in [1.807, 2.05) is 37.3 Å². The maximum absolute atomic E-state index is 12.3. The van der Waals surface area contributed by atoms with Crippen LogP contribution >= 0.6 is 11.6 Å². The number of nitrogens with zero attached hydrogens (tertiary/aromatic N) is 1. The van der Waals surface area contributed by atoms with Crippen molar-refractivity contribution in [1.29, 1.82) is 0 Å². The standard InChI is InChI=1S/C17H16ClNO4S/c1-12-7-9-14(10-8-12)24(21,22)23-15-16(18)19(17(15)20)11-13-5-3-2-4-6-13/h2-10,15-16H,11H2,1H3/t15-,16+/m0/s1. The van der Waals surface area contributed by atoms with Crippen molar-refractivity contribution in [3.05, 3.63) is 65.7 Å². The second kappa shape index (κ2) is 6.55. The van der Waals surface area contributed by atoms with Crippen molar-refractivity contribution in [1.82, 2.24) is 4.90 Å². The fourth-order valence-corrected chi connectivity index (χ4v) is 3.84. The molecule has 7 heteroatoms. The molecule has 2 aromatic carbocycles. The van der Waals surface area contributed by atoms with Gasteiger partial charge >= 0.3 is 0 Å². The van der Waals surface area contributed by atoms with Crippen LogP contribution in [0.15, 0.2) is 59.5 Å². The average molecular weight is 366 g/mol. The van der Waals surface area contributed by atoms with Crippen molar-refractivity contribution in [3.63, 3.8) is 0 Å². The fraction of sp³-hybridized carbons (Fsp3) is 0.235. The second-order valence-corrected chi connectivity index (χ2v) is 7.63. The molecule has 1 fully saturated rings. The third-order valence-electron chi connectivity index (χ3n) is 3.81. The molecular weight excluding hydrogens is 350 g/mol. The van der Waals surface area contributed by atoms with E-state index in [0.717, 1.165) is 11.1 Å². The molecule has 1 aliphatic heterocycles. The van der Waals surface area contributed by atoms with Gasteiger partial charge in [-0.3, -0.25) is 4.79 Å². The summed E-state index contributed by atoms with van der Waals surface area (Å²) in [6.45, 7) is 2.17. The second-order valence-electron chi connectivity index (χ2n) is 5.61. The number of rotatable bonds is 5. The van der Waals surface area contributed by atoms with Crippen molar-refractivity contribution in [3.8, 4) is 0 Å². The molecule has 0 aromatic heterocycles. The number of benzene rings is 2. The highest BCUT2D eigenvalue weighted by Crippen LogP contribution is 2.31. The van der Waals surface area contributed by atoms with E-state index >= 15 is 0 Å². The van der Waals surface area contributed by atoms with Crippen LogP contribution in [0.2, 0.25) is 0 Å². The smallest absolute Gasteiger partial charge is 0.297 e. The van der Waals surface area contributed by atoms with Gasteiger partial charge in [-0.1, -0.05) is 59.6 Å². The molecule has 0 radical (unpaired) electrons. The van der Waals surface area contributed by atoms with Crippen LogP contribution in [-0.4, -0.2) is 30.8 Å². The lowest BCUT2D eigenvalue weighted by molar-refractivity contribution is -0.157. The molecule has 2 aromatic rings. The molecule has 0 N–H and O–H groups in total. The summed E-state index contributed by atoms with van der Waals surface area (Å²) in [6, 6.07) is 15.5. The van der Waals surface area contributed by atoms with Crippen molar-refractivity contribution in [2.75, 3.05) is 0 Å². The molecule has 0 saturated carbocycles. The van der Waals surface area contributed by atoms with Gasteiger partial charge in [0.1, 0.15) is 5.50 Å². The highest BCUT2D eigenvalue weighted by molar-refractivity contribution is 7.86. The Bertz CT molecular complexity index is 837. The first kappa shape index (κ1) is 17.0. The summed E-state index contributed by atoms with van der Waals surface area (Å²) in [7, 11) is -4.03. The van der Waals surface area contributed by atoms with E-state index in [4.69, 9.17) is 15.8 Å². The van der Waals surface area contributed by atoms with E-state index in [9.17, 15) is 13.2 Å². The average Bonchev–Trinajstić information content (AvgIpc) is 2.59. The van der Waals surface area contributed by atoms with Gasteiger partial charge in [0.25, 0.3) is 16.0 Å². The minimum absolute atomic E-state index is 0.00581. The van der Waals surface area contributed by atoms with E-state index in [-0.39, 0.29) is 4.90 Å². The van der Waals surface area contributed by atoms with Crippen LogP contribution in [0.1, 0.15) is 11.1 Å². The molecule has 1 heterocycles. The van der Waals surface area contributed by atoms with Gasteiger partial charge in [0.15, 0.2) is 6.10 Å². The van der Waals surface area contributed by atoms with Gasteiger partial charge in [-0.05, 0) is 24.6 Å². The van der Waals surface area contributed by atoms with Crippen LogP contribution in [0.25, 0.3) is 0 Å². The number of carbonyl (C=O) groups excluding carboxylic acids is 1. The Balaban J connectivity index is 1.69. The van der Waals surface area contributed by atoms with Crippen LogP contribution in [0.4, 0.5) is 0 Å². The first-order valence-electron chi connectivity index (χ1n) is 7.37. The fourth-order valence-electron chi connectivity index (χ4n) is 2.41. The number of likely N-dealkylation sites (tertiary alicyclic amines) is 1. The van der Waals surface area contributed by atoms with Gasteiger partial charge in [0.05, 0.1) is 4.90 Å². The number of hydrogen-bond donors (Lipinski definition) is 0. The van der Waals surface area contributed by atoms with Gasteiger partial charge in [0.2, 0.25) is 0 Å². The van der Waals surface area contributed by atoms with E-state index in [1.54, 1.807) is 12.1 Å². The van der Waals surface area contributed by atoms with Gasteiger partial charge in [-0.2, -0.15) is 8.42 Å². The van der Waals surface area contributed by atoms with Crippen molar-refractivity contribution in [2.45, 2.75) is 30.0 Å². The van der Waals surface area contributed by atoms with Crippen LogP contribution in [-0.2, 0) is 25.6 Å². The molecule has 24 heavy (non-hydrogen) atoms. The SMILES string of the molecule is Cc1ccc(S(=O)(=O)O[C@@H]2C(=O)N(Cc3ccccc3)[C@H]2Cl)cc1. The first-order valence-corrected chi connectivity index (χ1v) is 9.21. The largest absolute Gasteiger partial charge is 0.316 e. The third-order valence-corrected chi connectivity index (χ3v) is 5.58. The molecule has 2 atom stereocenters. The summed E-state index contributed by atoms with van der Waals surface area (Å²) in [5.41, 5.74) is 1.02. The van der Waals surface area contributed by atoms with E-state index in [1.165, 1.54) is 17.0 Å². The number of hydrogen-bond acceptors (Lipinski definition) is 4. The van der Waals surface area contributed by atoms with E-state index < -0.39 is 27.6 Å². The number of amides is 1. The molecule has 5 nitrogen and oxygen atoms in total. The number of carbonyl (C=O) groups is 1. The topological polar surface area (TPSA) is 63.7 Å². The Morgan fingerprint density at radius 2 is 1.71 bits per heavy atom. The molecule has 1 aliphatic rings. The Morgan fingerprint density at radius 1 is 1.08 bits per heavy atom. The number of alkyl halides is 1. The van der Waals surface area contributed by atoms with Crippen molar-refractivity contribution >= 4 is 27.6 Å². The summed E-state index contributed by atoms with van der Waals surface area (Å²) in [5.74, 6) is -0.436. The summed E-state index contributed by atoms with van der Waals surface area (Å²) in [6.07, 6.45) is -1.19. The third kappa shape index (κ3) is 3.31. The van der Waals surface area contributed by atoms with E-state index in [0.29, 0.717) is 6.54 Å². The Hall–Kier alpha value is -1.89. The summed E-state index contributed by atoms with van der Waals surface area (Å²) >= 11 is 6.16. The lowest BCUT2D eigenvalue weighted by Crippen LogP contribution is -2.62. The number of aryl methyl sites for hydroxylation is 1. The van der Waals surface area contributed by atoms with Gasteiger partial charge in [0, 0.05) is 6.54 Å². The number of β-lactam (4-membered cyclic amide) rings is 1. The van der Waals surface area contributed by atoms with Crippen LogP contribution < -0.4 is 0 Å². The maximum atomic E-state index is 12.3. The minimum atomic E-state index is -4.03. The zero-order valence-corrected chi connectivity index (χ0v) is 14.5. The normalized spacial score (nSPS) is 20.8. The molecule has 126 valence electrons. The molecule has 3 rings (SSSR count). The Morgan fingerprint density at radius 3 is 2.29 bits per heavy atom. The molecule has 1 amide bonds. The van der Waals surface area contributed by atoms with Crippen molar-refractivity contribution in [2.24, 2.45) is 0 Å². The Kier molecular flexibility index (Phi) is 4.62. The highest BCUT2D eigenvalue weighted by Gasteiger charge is 2.49. The quantitative estimate of drug-likeness (QED) is 0.353. The summed E-state index contributed by atoms with van der Waals surface area (Å²) in [5, 5.41) is 0. The predicted octanol–water partition coefficient (Wildman–Crippen LogP) is 2.68. The molecular formula is C17H16ClNO4S. The summed E-state index contributed by atoms with van der Waals surface area (Å²) in [4.78, 5) is 13.6. The predicted molar refractivity (Wildman–Crippen MR) is 89.9 cm³/mol. The van der Waals surface area contributed by atoms with Gasteiger partial charge in [-0.25, -0.2) is 4.18 Å². The Labute approximate surface area is 145 Å². The first-order chi connectivity index (χ1) is 11.4. The zero-order chi connectivity index (χ0) is 17.3. The van der Waals surface area contributed by atoms with Crippen LogP contribution in [0, 0.1) is 6.92 Å². The maximum Gasteiger partial charge on any atom is 0.297 e. The van der Waals surface area contributed by atoms with Gasteiger partial charge in [-0.15, -0.1) is 0 Å².